The van der Waals surface area contributed by atoms with Gasteiger partial charge in [0.1, 0.15) is 11.7 Å². The highest BCUT2D eigenvalue weighted by atomic mass is 19.4. The number of nitrogens with zero attached hydrogens (tertiary/aromatic N) is 5. The Morgan fingerprint density at radius 3 is 2.24 bits per heavy atom. The summed E-state index contributed by atoms with van der Waals surface area (Å²) >= 11 is 0. The van der Waals surface area contributed by atoms with Gasteiger partial charge in [0.15, 0.2) is 6.19 Å². The number of amidine groups is 1. The van der Waals surface area contributed by atoms with E-state index in [0.717, 1.165) is 17.9 Å². The quantitative estimate of drug-likeness (QED) is 0.305. The second kappa shape index (κ2) is 8.71. The van der Waals surface area contributed by atoms with Crippen LogP contribution in [0.5, 0.6) is 0 Å². The van der Waals surface area contributed by atoms with Gasteiger partial charge in [0, 0.05) is 32.4 Å². The Bertz CT molecular complexity index is 946. The van der Waals surface area contributed by atoms with Crippen LogP contribution < -0.4 is 10.2 Å². The fourth-order valence-electron chi connectivity index (χ4n) is 7.15. The van der Waals surface area contributed by atoms with E-state index in [9.17, 15) is 18.4 Å². The Hall–Kier alpha value is -2.34. The molecule has 0 amide bonds. The summed E-state index contributed by atoms with van der Waals surface area (Å²) in [4.78, 5) is 13.2. The summed E-state index contributed by atoms with van der Waals surface area (Å²) < 4.78 is 40.4. The lowest BCUT2D eigenvalue weighted by atomic mass is 9.54. The molecule has 34 heavy (non-hydrogen) atoms. The molecule has 6 nitrogen and oxygen atoms in total. The number of piperazine rings is 1. The lowest BCUT2D eigenvalue weighted by Crippen LogP contribution is -2.61. The van der Waals surface area contributed by atoms with Crippen LogP contribution in [0.1, 0.15) is 51.5 Å². The SMILES string of the molecule is CC(C)(C(=NC1C2CC3CC(C2)CC1C3)NC#N)N1CCN(c2ncccc2C(F)(F)F)CC1. The minimum Gasteiger partial charge on any atom is -0.354 e. The van der Waals surface area contributed by atoms with E-state index < -0.39 is 17.3 Å². The van der Waals surface area contributed by atoms with Gasteiger partial charge >= 0.3 is 6.18 Å². The lowest BCUT2D eigenvalue weighted by molar-refractivity contribution is -0.137. The summed E-state index contributed by atoms with van der Waals surface area (Å²) in [5.74, 6) is 3.62. The molecule has 5 fully saturated rings. The topological polar surface area (TPSA) is 67.6 Å². The van der Waals surface area contributed by atoms with Crippen LogP contribution in [0.15, 0.2) is 23.3 Å². The Morgan fingerprint density at radius 2 is 1.68 bits per heavy atom. The first kappa shape index (κ1) is 23.4. The van der Waals surface area contributed by atoms with Crippen molar-refractivity contribution in [2.24, 2.45) is 28.7 Å². The van der Waals surface area contributed by atoms with Gasteiger partial charge in [-0.05, 0) is 81.8 Å². The smallest absolute Gasteiger partial charge is 0.354 e. The molecular weight excluding hydrogens is 441 g/mol. The summed E-state index contributed by atoms with van der Waals surface area (Å²) in [5, 5.41) is 12.4. The number of nitrogens with one attached hydrogen (secondary N) is 1. The van der Waals surface area contributed by atoms with Crippen molar-refractivity contribution in [2.45, 2.75) is 63.7 Å². The number of aliphatic imine (C=N–C) groups is 1. The molecule has 0 atom stereocenters. The van der Waals surface area contributed by atoms with E-state index >= 15 is 0 Å². The highest BCUT2D eigenvalue weighted by Crippen LogP contribution is 2.54. The third-order valence-electron chi connectivity index (χ3n) is 8.67. The van der Waals surface area contributed by atoms with Gasteiger partial charge in [0.2, 0.25) is 0 Å². The van der Waals surface area contributed by atoms with E-state index in [1.807, 2.05) is 0 Å². The third-order valence-corrected chi connectivity index (χ3v) is 8.67. The van der Waals surface area contributed by atoms with Gasteiger partial charge in [0.05, 0.1) is 17.1 Å². The van der Waals surface area contributed by atoms with Gasteiger partial charge in [-0.1, -0.05) is 0 Å². The summed E-state index contributed by atoms with van der Waals surface area (Å²) in [6, 6.07) is 2.68. The van der Waals surface area contributed by atoms with Gasteiger partial charge in [-0.2, -0.15) is 18.4 Å². The number of halogens is 3. The second-order valence-corrected chi connectivity index (χ2v) is 11.0. The fraction of sp³-hybridized carbons (Fsp3) is 0.720. The Morgan fingerprint density at radius 1 is 1.06 bits per heavy atom. The van der Waals surface area contributed by atoms with E-state index in [4.69, 9.17) is 4.99 Å². The molecule has 1 aliphatic heterocycles. The molecule has 4 aliphatic carbocycles. The van der Waals surface area contributed by atoms with Crippen LogP contribution in [-0.2, 0) is 6.18 Å². The molecule has 0 spiro atoms. The molecule has 0 aromatic carbocycles. The minimum absolute atomic E-state index is 0.00917. The molecule has 9 heteroatoms. The number of hydrogen-bond acceptors (Lipinski definition) is 5. The number of hydrogen-bond donors (Lipinski definition) is 1. The zero-order chi connectivity index (χ0) is 24.1. The van der Waals surface area contributed by atoms with Crippen molar-refractivity contribution in [2.75, 3.05) is 31.1 Å². The van der Waals surface area contributed by atoms with Crippen LogP contribution in [0.2, 0.25) is 0 Å². The summed E-state index contributed by atoms with van der Waals surface area (Å²) in [6.07, 6.45) is 5.47. The molecule has 4 bridgehead atoms. The van der Waals surface area contributed by atoms with Crippen molar-refractivity contribution in [3.05, 3.63) is 23.9 Å². The van der Waals surface area contributed by atoms with Gasteiger partial charge in [-0.25, -0.2) is 4.98 Å². The highest BCUT2D eigenvalue weighted by molar-refractivity contribution is 5.92. The van der Waals surface area contributed by atoms with Crippen molar-refractivity contribution in [1.29, 1.82) is 5.26 Å². The number of aromatic nitrogens is 1. The minimum atomic E-state index is -4.44. The Labute approximate surface area is 199 Å². The summed E-state index contributed by atoms with van der Waals surface area (Å²) in [6.45, 7) is 6.11. The third kappa shape index (κ3) is 4.26. The zero-order valence-electron chi connectivity index (χ0n) is 19.9. The van der Waals surface area contributed by atoms with Crippen LogP contribution in [0.4, 0.5) is 19.0 Å². The molecule has 6 rings (SSSR count). The van der Waals surface area contributed by atoms with Crippen LogP contribution in [0, 0.1) is 35.1 Å². The monoisotopic (exact) mass is 474 g/mol. The first-order valence-electron chi connectivity index (χ1n) is 12.4. The summed E-state index contributed by atoms with van der Waals surface area (Å²) in [5.41, 5.74) is -1.22. The molecule has 5 aliphatic rings. The van der Waals surface area contributed by atoms with E-state index in [2.05, 4.69) is 35.2 Å². The van der Waals surface area contributed by atoms with Gasteiger partial charge in [0.25, 0.3) is 0 Å². The summed E-state index contributed by atoms with van der Waals surface area (Å²) in [7, 11) is 0. The average molecular weight is 475 g/mol. The number of alkyl halides is 3. The Kier molecular flexibility index (Phi) is 5.99. The van der Waals surface area contributed by atoms with E-state index in [1.165, 1.54) is 44.4 Å². The maximum Gasteiger partial charge on any atom is 0.419 e. The fourth-order valence-corrected chi connectivity index (χ4v) is 7.15. The van der Waals surface area contributed by atoms with Gasteiger partial charge in [-0.3, -0.25) is 15.2 Å². The Balaban J connectivity index is 1.32. The molecule has 184 valence electrons. The van der Waals surface area contributed by atoms with Crippen LogP contribution in [-0.4, -0.2) is 53.5 Å². The number of pyridine rings is 1. The van der Waals surface area contributed by atoms with Crippen molar-refractivity contribution in [3.8, 4) is 6.19 Å². The highest BCUT2D eigenvalue weighted by Gasteiger charge is 2.49. The standard InChI is InChI=1S/C25H33F3N6/c1-24(2,23(31-15-29)32-21-18-11-16-10-17(13-18)14-19(21)12-16)34-8-6-33(7-9-34)22-20(25(26,27)28)4-3-5-30-22/h3-5,16-19,21H,6-14H2,1-2H3,(H,31,32). The molecule has 2 heterocycles. The van der Waals surface area contributed by atoms with Crippen LogP contribution in [0.25, 0.3) is 0 Å². The number of nitriles is 1. The number of rotatable bonds is 4. The maximum absolute atomic E-state index is 13.5. The van der Waals surface area contributed by atoms with E-state index in [1.54, 1.807) is 4.90 Å². The molecule has 1 aromatic rings. The van der Waals surface area contributed by atoms with Crippen LogP contribution >= 0.6 is 0 Å². The van der Waals surface area contributed by atoms with Gasteiger partial charge < -0.3 is 4.90 Å². The molecule has 0 unspecified atom stereocenters. The molecule has 1 N–H and O–H groups in total. The second-order valence-electron chi connectivity index (χ2n) is 11.0. The largest absolute Gasteiger partial charge is 0.419 e. The van der Waals surface area contributed by atoms with E-state index in [0.29, 0.717) is 43.9 Å². The predicted molar refractivity (Wildman–Crippen MR) is 124 cm³/mol. The normalized spacial score (nSPS) is 32.1. The van der Waals surface area contributed by atoms with Crippen molar-refractivity contribution >= 4 is 11.7 Å². The van der Waals surface area contributed by atoms with Gasteiger partial charge in [-0.15, -0.1) is 0 Å². The first-order valence-corrected chi connectivity index (χ1v) is 12.4. The predicted octanol–water partition coefficient (Wildman–Crippen LogP) is 4.29. The molecule has 1 saturated heterocycles. The molecule has 0 radical (unpaired) electrons. The van der Waals surface area contributed by atoms with Crippen molar-refractivity contribution in [3.63, 3.8) is 0 Å². The maximum atomic E-state index is 13.5. The van der Waals surface area contributed by atoms with E-state index in [-0.39, 0.29) is 11.9 Å². The molecular formula is C25H33F3N6. The van der Waals surface area contributed by atoms with Crippen molar-refractivity contribution in [1.82, 2.24) is 15.2 Å². The first-order chi connectivity index (χ1) is 16.2. The van der Waals surface area contributed by atoms with Crippen LogP contribution in [0.3, 0.4) is 0 Å². The zero-order valence-corrected chi connectivity index (χ0v) is 19.9. The molecule has 4 saturated carbocycles. The molecule has 1 aromatic heterocycles. The number of anilines is 1. The average Bonchev–Trinajstić information content (AvgIpc) is 2.80. The van der Waals surface area contributed by atoms with Crippen molar-refractivity contribution < 1.29 is 13.2 Å². The lowest BCUT2D eigenvalue weighted by Gasteiger charge is -2.53.